The zero-order valence-corrected chi connectivity index (χ0v) is 9.12. The Morgan fingerprint density at radius 1 is 1.36 bits per heavy atom. The molecule has 1 rings (SSSR count). The van der Waals surface area contributed by atoms with Crippen LogP contribution in [0.1, 0.15) is 31.7 Å². The summed E-state index contributed by atoms with van der Waals surface area (Å²) in [5.74, 6) is 1.46. The summed E-state index contributed by atoms with van der Waals surface area (Å²) in [6.07, 6.45) is 1.15. The van der Waals surface area contributed by atoms with Crippen LogP contribution in [0.4, 0.5) is 0 Å². The minimum Gasteiger partial charge on any atom is -0.468 e. The van der Waals surface area contributed by atoms with Gasteiger partial charge in [-0.05, 0) is 30.0 Å². The van der Waals surface area contributed by atoms with Gasteiger partial charge in [-0.1, -0.05) is 26.0 Å². The van der Waals surface area contributed by atoms with Gasteiger partial charge in [-0.25, -0.2) is 0 Å². The maximum absolute atomic E-state index is 5.37. The van der Waals surface area contributed by atoms with Crippen LogP contribution in [0.2, 0.25) is 0 Å². The Balaban J connectivity index is 2.68. The highest BCUT2D eigenvalue weighted by Crippen LogP contribution is 2.22. The molecule has 0 radical (unpaired) electrons. The lowest BCUT2D eigenvalue weighted by Gasteiger charge is -2.11. The molecule has 1 aromatic rings. The van der Waals surface area contributed by atoms with Crippen LogP contribution in [0.25, 0.3) is 0 Å². The summed E-state index contributed by atoms with van der Waals surface area (Å²) in [5, 5.41) is 0. The lowest BCUT2D eigenvalue weighted by atomic mass is 9.99. The van der Waals surface area contributed by atoms with Crippen LogP contribution in [0.15, 0.2) is 24.3 Å². The maximum Gasteiger partial charge on any atom is 0.188 e. The smallest absolute Gasteiger partial charge is 0.188 e. The SMILES string of the molecule is CCC(C)c1cccc(OCOC)c1. The van der Waals surface area contributed by atoms with E-state index in [9.17, 15) is 0 Å². The molecule has 0 aliphatic heterocycles. The van der Waals surface area contributed by atoms with Gasteiger partial charge < -0.3 is 9.47 Å². The first-order chi connectivity index (χ1) is 6.77. The second kappa shape index (κ2) is 5.66. The van der Waals surface area contributed by atoms with Gasteiger partial charge in [-0.3, -0.25) is 0 Å². The van der Waals surface area contributed by atoms with E-state index in [1.54, 1.807) is 7.11 Å². The van der Waals surface area contributed by atoms with E-state index in [1.807, 2.05) is 12.1 Å². The molecule has 1 aromatic carbocycles. The third kappa shape index (κ3) is 3.04. The molecule has 0 spiro atoms. The molecule has 2 heteroatoms. The van der Waals surface area contributed by atoms with Crippen molar-refractivity contribution >= 4 is 0 Å². The van der Waals surface area contributed by atoms with Crippen molar-refractivity contribution in [3.63, 3.8) is 0 Å². The van der Waals surface area contributed by atoms with Crippen LogP contribution < -0.4 is 4.74 Å². The van der Waals surface area contributed by atoms with Crippen LogP contribution in [0.5, 0.6) is 5.75 Å². The quantitative estimate of drug-likeness (QED) is 0.670. The van der Waals surface area contributed by atoms with Gasteiger partial charge in [0.25, 0.3) is 0 Å². The van der Waals surface area contributed by atoms with Crippen molar-refractivity contribution in [2.45, 2.75) is 26.2 Å². The fourth-order valence-electron chi connectivity index (χ4n) is 1.27. The first-order valence-electron chi connectivity index (χ1n) is 4.99. The number of hydrogen-bond donors (Lipinski definition) is 0. The monoisotopic (exact) mass is 194 g/mol. The molecule has 0 aliphatic carbocycles. The molecule has 0 fully saturated rings. The number of ether oxygens (including phenoxy) is 2. The summed E-state index contributed by atoms with van der Waals surface area (Å²) in [4.78, 5) is 0. The fraction of sp³-hybridized carbons (Fsp3) is 0.500. The second-order valence-electron chi connectivity index (χ2n) is 3.43. The number of methoxy groups -OCH3 is 1. The predicted molar refractivity (Wildman–Crippen MR) is 57.7 cm³/mol. The van der Waals surface area contributed by atoms with Crippen molar-refractivity contribution in [2.24, 2.45) is 0 Å². The molecule has 1 atom stereocenters. The van der Waals surface area contributed by atoms with E-state index >= 15 is 0 Å². The van der Waals surface area contributed by atoms with Gasteiger partial charge in [0, 0.05) is 7.11 Å². The molecule has 0 heterocycles. The molecule has 0 amide bonds. The van der Waals surface area contributed by atoms with Crippen LogP contribution in [-0.4, -0.2) is 13.9 Å². The van der Waals surface area contributed by atoms with E-state index in [0.29, 0.717) is 12.7 Å². The molecule has 2 nitrogen and oxygen atoms in total. The van der Waals surface area contributed by atoms with Crippen molar-refractivity contribution < 1.29 is 9.47 Å². The van der Waals surface area contributed by atoms with E-state index in [2.05, 4.69) is 26.0 Å². The number of rotatable bonds is 5. The predicted octanol–water partition coefficient (Wildman–Crippen LogP) is 3.18. The Morgan fingerprint density at radius 3 is 2.79 bits per heavy atom. The van der Waals surface area contributed by atoms with Crippen LogP contribution in [0.3, 0.4) is 0 Å². The number of hydrogen-bond acceptors (Lipinski definition) is 2. The van der Waals surface area contributed by atoms with E-state index in [0.717, 1.165) is 12.2 Å². The molecule has 1 unspecified atom stereocenters. The first kappa shape index (κ1) is 11.1. The Bertz CT molecular complexity index is 271. The summed E-state index contributed by atoms with van der Waals surface area (Å²) in [6.45, 7) is 4.72. The summed E-state index contributed by atoms with van der Waals surface area (Å²) in [7, 11) is 1.62. The van der Waals surface area contributed by atoms with Crippen molar-refractivity contribution in [3.8, 4) is 5.75 Å². The fourth-order valence-corrected chi connectivity index (χ4v) is 1.27. The number of benzene rings is 1. The third-order valence-electron chi connectivity index (χ3n) is 2.38. The molecule has 0 aliphatic rings. The average molecular weight is 194 g/mol. The largest absolute Gasteiger partial charge is 0.468 e. The molecule has 14 heavy (non-hydrogen) atoms. The van der Waals surface area contributed by atoms with Gasteiger partial charge in [0.05, 0.1) is 0 Å². The Labute approximate surface area is 85.8 Å². The standard InChI is InChI=1S/C12H18O2/c1-4-10(2)11-6-5-7-12(8-11)14-9-13-3/h5-8,10H,4,9H2,1-3H3. The normalized spacial score (nSPS) is 12.5. The van der Waals surface area contributed by atoms with E-state index in [1.165, 1.54) is 5.56 Å². The Hall–Kier alpha value is -1.02. The maximum atomic E-state index is 5.37. The summed E-state index contributed by atoms with van der Waals surface area (Å²) < 4.78 is 10.2. The highest BCUT2D eigenvalue weighted by Gasteiger charge is 2.03. The highest BCUT2D eigenvalue weighted by atomic mass is 16.7. The van der Waals surface area contributed by atoms with E-state index in [-0.39, 0.29) is 0 Å². The minimum absolute atomic E-state index is 0.309. The summed E-state index contributed by atoms with van der Waals surface area (Å²) in [6, 6.07) is 8.18. The van der Waals surface area contributed by atoms with Crippen molar-refractivity contribution in [3.05, 3.63) is 29.8 Å². The lowest BCUT2D eigenvalue weighted by Crippen LogP contribution is -1.99. The van der Waals surface area contributed by atoms with Gasteiger partial charge in [0.1, 0.15) is 5.75 Å². The molecule has 0 saturated heterocycles. The molecule has 0 aromatic heterocycles. The van der Waals surface area contributed by atoms with Crippen LogP contribution >= 0.6 is 0 Å². The molecule has 0 N–H and O–H groups in total. The lowest BCUT2D eigenvalue weighted by molar-refractivity contribution is 0.0510. The molecule has 0 bridgehead atoms. The molecule has 0 saturated carbocycles. The average Bonchev–Trinajstić information content (AvgIpc) is 2.25. The van der Waals surface area contributed by atoms with Crippen molar-refractivity contribution in [1.82, 2.24) is 0 Å². The molecule has 78 valence electrons. The van der Waals surface area contributed by atoms with E-state index in [4.69, 9.17) is 9.47 Å². The Kier molecular flexibility index (Phi) is 4.47. The highest BCUT2D eigenvalue weighted by molar-refractivity contribution is 5.30. The van der Waals surface area contributed by atoms with E-state index < -0.39 is 0 Å². The third-order valence-corrected chi connectivity index (χ3v) is 2.38. The van der Waals surface area contributed by atoms with Gasteiger partial charge >= 0.3 is 0 Å². The van der Waals surface area contributed by atoms with Gasteiger partial charge in [0.2, 0.25) is 0 Å². The van der Waals surface area contributed by atoms with Gasteiger partial charge in [0.15, 0.2) is 6.79 Å². The summed E-state index contributed by atoms with van der Waals surface area (Å²) >= 11 is 0. The topological polar surface area (TPSA) is 18.5 Å². The zero-order valence-electron chi connectivity index (χ0n) is 9.12. The van der Waals surface area contributed by atoms with Gasteiger partial charge in [-0.2, -0.15) is 0 Å². The zero-order chi connectivity index (χ0) is 10.4. The minimum atomic E-state index is 0.309. The van der Waals surface area contributed by atoms with Gasteiger partial charge in [-0.15, -0.1) is 0 Å². The van der Waals surface area contributed by atoms with Crippen molar-refractivity contribution in [2.75, 3.05) is 13.9 Å². The van der Waals surface area contributed by atoms with Crippen molar-refractivity contribution in [1.29, 1.82) is 0 Å². The second-order valence-corrected chi connectivity index (χ2v) is 3.43. The summed E-state index contributed by atoms with van der Waals surface area (Å²) in [5.41, 5.74) is 1.32. The van der Waals surface area contributed by atoms with Crippen LogP contribution in [-0.2, 0) is 4.74 Å². The Morgan fingerprint density at radius 2 is 2.14 bits per heavy atom. The first-order valence-corrected chi connectivity index (χ1v) is 4.99. The molecular formula is C12H18O2. The van der Waals surface area contributed by atoms with Crippen LogP contribution in [0, 0.1) is 0 Å². The molecular weight excluding hydrogens is 176 g/mol.